The van der Waals surface area contributed by atoms with Crippen LogP contribution < -0.4 is 4.72 Å². The number of carbonyl (C=O) groups excluding carboxylic acids is 1. The van der Waals surface area contributed by atoms with E-state index in [1.165, 1.54) is 29.3 Å². The molecule has 1 aliphatic heterocycles. The third kappa shape index (κ3) is 4.35. The fourth-order valence-corrected chi connectivity index (χ4v) is 4.65. The van der Waals surface area contributed by atoms with E-state index in [-0.39, 0.29) is 17.2 Å². The molecular weight excluding hydrogens is 438 g/mol. The Bertz CT molecular complexity index is 1220. The number of halogens is 1. The van der Waals surface area contributed by atoms with Gasteiger partial charge in [-0.05, 0) is 42.5 Å². The molecule has 1 aliphatic rings. The van der Waals surface area contributed by atoms with Crippen LogP contribution in [0.3, 0.4) is 0 Å². The van der Waals surface area contributed by atoms with Crippen LogP contribution in [0.15, 0.2) is 81.3 Å². The van der Waals surface area contributed by atoms with Crippen LogP contribution in [0.2, 0.25) is 5.02 Å². The summed E-state index contributed by atoms with van der Waals surface area (Å²) in [7, 11) is -3.85. The lowest BCUT2D eigenvalue weighted by Gasteiger charge is -2.24. The monoisotopic (exact) mass is 457 g/mol. The second-order valence-corrected chi connectivity index (χ2v) is 9.10. The predicted octanol–water partition coefficient (Wildman–Crippen LogP) is 4.82. The number of anilines is 1. The van der Waals surface area contributed by atoms with Crippen molar-refractivity contribution in [1.29, 1.82) is 0 Å². The van der Waals surface area contributed by atoms with Gasteiger partial charge in [0.1, 0.15) is 11.5 Å². The lowest BCUT2D eigenvalue weighted by Crippen LogP contribution is -2.27. The number of nitrogens with zero attached hydrogens (tertiary/aromatic N) is 2. The van der Waals surface area contributed by atoms with Crippen LogP contribution in [0, 0.1) is 0 Å². The lowest BCUT2D eigenvalue weighted by molar-refractivity contribution is -0.132. The van der Waals surface area contributed by atoms with Crippen molar-refractivity contribution >= 4 is 38.9 Å². The Morgan fingerprint density at radius 2 is 1.90 bits per heavy atom. The predicted molar refractivity (Wildman–Crippen MR) is 118 cm³/mol. The molecule has 9 heteroatoms. The quantitative estimate of drug-likeness (QED) is 0.574. The van der Waals surface area contributed by atoms with Crippen molar-refractivity contribution in [3.8, 4) is 0 Å². The molecule has 0 saturated heterocycles. The van der Waals surface area contributed by atoms with Gasteiger partial charge >= 0.3 is 0 Å². The number of sulfonamides is 1. The van der Waals surface area contributed by atoms with Gasteiger partial charge in [0.25, 0.3) is 10.0 Å². The van der Waals surface area contributed by atoms with Gasteiger partial charge in [-0.3, -0.25) is 9.52 Å². The molecule has 7 nitrogen and oxygen atoms in total. The maximum atomic E-state index is 12.9. The largest absolute Gasteiger partial charge is 0.463 e. The molecule has 2 aromatic carbocycles. The standard InChI is InChI=1S/C22H20ClN3O4S/c1-2-22(27)26-20(14-19(24-26)21-8-5-13-30-21)17-6-3-4-7-18(17)25-31(28,29)16-11-9-15(23)10-12-16/h3-13,20,25H,2,14H2,1H3. The first kappa shape index (κ1) is 21.1. The van der Waals surface area contributed by atoms with Gasteiger partial charge < -0.3 is 4.42 Å². The average Bonchev–Trinajstić information content (AvgIpc) is 3.44. The van der Waals surface area contributed by atoms with Gasteiger partial charge in [-0.15, -0.1) is 0 Å². The molecule has 3 aromatic rings. The topological polar surface area (TPSA) is 92.0 Å². The fraction of sp³-hybridized carbons (Fsp3) is 0.182. The first-order chi connectivity index (χ1) is 14.9. The Morgan fingerprint density at radius 3 is 2.58 bits per heavy atom. The Balaban J connectivity index is 1.69. The Labute approximate surface area is 185 Å². The Morgan fingerprint density at radius 1 is 1.16 bits per heavy atom. The summed E-state index contributed by atoms with van der Waals surface area (Å²) in [6, 6.07) is 16.0. The normalized spacial score (nSPS) is 16.3. The zero-order chi connectivity index (χ0) is 22.0. The van der Waals surface area contributed by atoms with Crippen LogP contribution in [-0.2, 0) is 14.8 Å². The highest BCUT2D eigenvalue weighted by molar-refractivity contribution is 7.92. The van der Waals surface area contributed by atoms with Crippen molar-refractivity contribution in [2.45, 2.75) is 30.7 Å². The number of benzene rings is 2. The van der Waals surface area contributed by atoms with Gasteiger partial charge in [-0.1, -0.05) is 36.7 Å². The van der Waals surface area contributed by atoms with Crippen molar-refractivity contribution < 1.29 is 17.6 Å². The van der Waals surface area contributed by atoms with Crippen molar-refractivity contribution in [3.63, 3.8) is 0 Å². The van der Waals surface area contributed by atoms with Gasteiger partial charge in [0.2, 0.25) is 5.91 Å². The number of hydrogen-bond donors (Lipinski definition) is 1. The van der Waals surface area contributed by atoms with Crippen molar-refractivity contribution in [1.82, 2.24) is 5.01 Å². The highest BCUT2D eigenvalue weighted by Crippen LogP contribution is 2.37. The molecule has 0 bridgehead atoms. The minimum absolute atomic E-state index is 0.0899. The van der Waals surface area contributed by atoms with E-state index in [9.17, 15) is 13.2 Å². The summed E-state index contributed by atoms with van der Waals surface area (Å²) in [5, 5.41) is 6.34. The number of furan rings is 1. The van der Waals surface area contributed by atoms with E-state index < -0.39 is 16.1 Å². The van der Waals surface area contributed by atoms with E-state index >= 15 is 0 Å². The second kappa shape index (κ2) is 8.56. The number of hydrogen-bond acceptors (Lipinski definition) is 5. The molecule has 0 radical (unpaired) electrons. The molecule has 0 aliphatic carbocycles. The maximum Gasteiger partial charge on any atom is 0.261 e. The molecule has 1 atom stereocenters. The van der Waals surface area contributed by atoms with E-state index in [2.05, 4.69) is 9.82 Å². The number of rotatable bonds is 6. The number of amides is 1. The molecule has 1 unspecified atom stereocenters. The molecule has 31 heavy (non-hydrogen) atoms. The number of hydrazone groups is 1. The minimum Gasteiger partial charge on any atom is -0.463 e. The molecule has 1 N–H and O–H groups in total. The zero-order valence-electron chi connectivity index (χ0n) is 16.7. The van der Waals surface area contributed by atoms with Crippen LogP contribution >= 0.6 is 11.6 Å². The lowest BCUT2D eigenvalue weighted by atomic mass is 9.99. The third-order valence-electron chi connectivity index (χ3n) is 4.96. The van der Waals surface area contributed by atoms with Gasteiger partial charge in [0.05, 0.1) is 22.9 Å². The summed E-state index contributed by atoms with van der Waals surface area (Å²) in [6.07, 6.45) is 2.22. The molecule has 0 spiro atoms. The van der Waals surface area contributed by atoms with Crippen molar-refractivity contribution in [2.75, 3.05) is 4.72 Å². The van der Waals surface area contributed by atoms with Crippen LogP contribution in [0.5, 0.6) is 0 Å². The van der Waals surface area contributed by atoms with Gasteiger partial charge in [-0.2, -0.15) is 5.10 Å². The smallest absolute Gasteiger partial charge is 0.261 e. The summed E-state index contributed by atoms with van der Waals surface area (Å²) in [5.41, 5.74) is 1.66. The van der Waals surface area contributed by atoms with E-state index in [4.69, 9.17) is 16.0 Å². The number of para-hydroxylation sites is 1. The SMILES string of the molecule is CCC(=O)N1N=C(c2ccco2)CC1c1ccccc1NS(=O)(=O)c1ccc(Cl)cc1. The van der Waals surface area contributed by atoms with Gasteiger partial charge in [0.15, 0.2) is 0 Å². The van der Waals surface area contributed by atoms with Crippen LogP contribution in [-0.4, -0.2) is 25.0 Å². The van der Waals surface area contributed by atoms with Crippen LogP contribution in [0.1, 0.15) is 37.1 Å². The van der Waals surface area contributed by atoms with Crippen molar-refractivity contribution in [2.24, 2.45) is 5.10 Å². The molecule has 1 aromatic heterocycles. The summed E-state index contributed by atoms with van der Waals surface area (Å²) >= 11 is 5.88. The summed E-state index contributed by atoms with van der Waals surface area (Å²) in [6.45, 7) is 1.76. The van der Waals surface area contributed by atoms with Crippen LogP contribution in [0.25, 0.3) is 0 Å². The first-order valence-corrected chi connectivity index (χ1v) is 11.6. The van der Waals surface area contributed by atoms with Gasteiger partial charge in [-0.25, -0.2) is 13.4 Å². The third-order valence-corrected chi connectivity index (χ3v) is 6.60. The molecule has 160 valence electrons. The summed E-state index contributed by atoms with van der Waals surface area (Å²) < 4.78 is 33.9. The molecule has 0 fully saturated rings. The highest BCUT2D eigenvalue weighted by Gasteiger charge is 2.35. The van der Waals surface area contributed by atoms with E-state index in [1.807, 2.05) is 0 Å². The molecule has 4 rings (SSSR count). The van der Waals surface area contributed by atoms with E-state index in [0.717, 1.165) is 0 Å². The first-order valence-electron chi connectivity index (χ1n) is 9.70. The Hall–Kier alpha value is -3.10. The fourth-order valence-electron chi connectivity index (χ4n) is 3.43. The number of carbonyl (C=O) groups is 1. The number of nitrogens with one attached hydrogen (secondary N) is 1. The summed E-state index contributed by atoms with van der Waals surface area (Å²) in [4.78, 5) is 12.7. The maximum absolute atomic E-state index is 12.9. The average molecular weight is 458 g/mol. The zero-order valence-corrected chi connectivity index (χ0v) is 18.2. The van der Waals surface area contributed by atoms with E-state index in [0.29, 0.717) is 34.2 Å². The van der Waals surface area contributed by atoms with Crippen LogP contribution in [0.4, 0.5) is 5.69 Å². The van der Waals surface area contributed by atoms with Crippen molar-refractivity contribution in [3.05, 3.63) is 83.3 Å². The highest BCUT2D eigenvalue weighted by atomic mass is 35.5. The molecule has 2 heterocycles. The Kier molecular flexibility index (Phi) is 5.84. The molecule has 1 amide bonds. The molecular formula is C22H20ClN3O4S. The van der Waals surface area contributed by atoms with Gasteiger partial charge in [0, 0.05) is 23.4 Å². The van der Waals surface area contributed by atoms with E-state index in [1.54, 1.807) is 49.6 Å². The molecule has 0 saturated carbocycles. The minimum atomic E-state index is -3.85. The second-order valence-electron chi connectivity index (χ2n) is 6.98. The summed E-state index contributed by atoms with van der Waals surface area (Å²) in [5.74, 6) is 0.414.